The van der Waals surface area contributed by atoms with Crippen molar-refractivity contribution in [3.8, 4) is 10.7 Å². The van der Waals surface area contributed by atoms with Crippen LogP contribution in [0.5, 0.6) is 0 Å². The van der Waals surface area contributed by atoms with Crippen LogP contribution in [-0.4, -0.2) is 56.1 Å². The average Bonchev–Trinajstić information content (AvgIpc) is 3.55. The summed E-state index contributed by atoms with van der Waals surface area (Å²) in [5, 5.41) is 15.0. The first kappa shape index (κ1) is 20.0. The molecule has 0 N–H and O–H groups in total. The van der Waals surface area contributed by atoms with Crippen molar-refractivity contribution in [2.75, 3.05) is 18.0 Å². The minimum atomic E-state index is -0.385. The molecular formula is C22H24N6O2S. The molecule has 0 aliphatic carbocycles. The second kappa shape index (κ2) is 8.32. The largest absolute Gasteiger partial charge is 0.291 e. The van der Waals surface area contributed by atoms with Gasteiger partial charge in [0, 0.05) is 13.1 Å². The number of imide groups is 1. The molecule has 2 aliphatic rings. The third-order valence-electron chi connectivity index (χ3n) is 6.16. The summed E-state index contributed by atoms with van der Waals surface area (Å²) in [7, 11) is 0. The summed E-state index contributed by atoms with van der Waals surface area (Å²) < 4.78 is 0. The molecule has 2 amide bonds. The number of hydrogen-bond donors (Lipinski definition) is 0. The lowest BCUT2D eigenvalue weighted by Gasteiger charge is -2.34. The summed E-state index contributed by atoms with van der Waals surface area (Å²) in [6.07, 6.45) is 2.81. The van der Waals surface area contributed by atoms with Crippen LogP contribution in [0.15, 0.2) is 41.8 Å². The van der Waals surface area contributed by atoms with Gasteiger partial charge in [0.25, 0.3) is 5.91 Å². The van der Waals surface area contributed by atoms with Crippen molar-refractivity contribution >= 4 is 28.8 Å². The van der Waals surface area contributed by atoms with Crippen molar-refractivity contribution < 1.29 is 9.59 Å². The van der Waals surface area contributed by atoms with Gasteiger partial charge in [0.1, 0.15) is 0 Å². The highest BCUT2D eigenvalue weighted by atomic mass is 32.1. The number of nitrogens with zero attached hydrogens (tertiary/aromatic N) is 6. The molecule has 2 aliphatic heterocycles. The summed E-state index contributed by atoms with van der Waals surface area (Å²) in [4.78, 5) is 31.9. The fraction of sp³-hybridized carbons (Fsp3) is 0.409. The first-order valence-corrected chi connectivity index (χ1v) is 11.5. The van der Waals surface area contributed by atoms with Crippen LogP contribution in [0.2, 0.25) is 0 Å². The number of piperidine rings is 1. The number of thiophene rings is 1. The number of likely N-dealkylation sites (tertiary alicyclic amines) is 1. The highest BCUT2D eigenvalue weighted by molar-refractivity contribution is 7.13. The van der Waals surface area contributed by atoms with Crippen LogP contribution in [0.25, 0.3) is 10.7 Å². The van der Waals surface area contributed by atoms with E-state index >= 15 is 0 Å². The number of aryl methyl sites for hydroxylation is 1. The zero-order valence-corrected chi connectivity index (χ0v) is 18.2. The van der Waals surface area contributed by atoms with Gasteiger partial charge in [0.05, 0.1) is 29.1 Å². The first-order valence-electron chi connectivity index (χ1n) is 10.7. The SMILES string of the molecule is CCc1ccc(N2C(=O)C[C@H](N3CCC(n4nnc(-c5cccs5)n4)CC3)C2=O)cc1. The molecular weight excluding hydrogens is 412 g/mol. The molecule has 31 heavy (non-hydrogen) atoms. The number of benzene rings is 1. The van der Waals surface area contributed by atoms with E-state index in [9.17, 15) is 9.59 Å². The maximum absolute atomic E-state index is 13.1. The lowest BCUT2D eigenvalue weighted by atomic mass is 10.0. The van der Waals surface area contributed by atoms with Crippen molar-refractivity contribution in [1.29, 1.82) is 0 Å². The van der Waals surface area contributed by atoms with Crippen molar-refractivity contribution in [3.63, 3.8) is 0 Å². The number of tetrazole rings is 1. The highest BCUT2D eigenvalue weighted by Gasteiger charge is 2.43. The molecule has 4 heterocycles. The third kappa shape index (κ3) is 3.79. The molecule has 2 saturated heterocycles. The Labute approximate surface area is 184 Å². The quantitative estimate of drug-likeness (QED) is 0.572. The second-order valence-corrected chi connectivity index (χ2v) is 8.93. The zero-order valence-electron chi connectivity index (χ0n) is 17.3. The standard InChI is InChI=1S/C22H24N6O2S/c1-2-15-5-7-16(8-6-15)27-20(29)14-18(22(27)30)26-11-9-17(10-12-26)28-24-21(23-25-28)19-4-3-13-31-19/h3-8,13,17-18H,2,9-12,14H2,1H3/t18-/m0/s1. The molecule has 0 spiro atoms. The summed E-state index contributed by atoms with van der Waals surface area (Å²) >= 11 is 1.59. The van der Waals surface area contributed by atoms with Crippen LogP contribution >= 0.6 is 11.3 Å². The topological polar surface area (TPSA) is 84.2 Å². The van der Waals surface area contributed by atoms with E-state index in [1.165, 1.54) is 10.5 Å². The van der Waals surface area contributed by atoms with E-state index in [4.69, 9.17) is 0 Å². The molecule has 0 radical (unpaired) electrons. The Hall–Kier alpha value is -2.91. The van der Waals surface area contributed by atoms with E-state index in [1.807, 2.05) is 41.8 Å². The Morgan fingerprint density at radius 2 is 1.87 bits per heavy atom. The molecule has 1 atom stereocenters. The van der Waals surface area contributed by atoms with E-state index in [0.29, 0.717) is 11.5 Å². The predicted molar refractivity (Wildman–Crippen MR) is 118 cm³/mol. The monoisotopic (exact) mass is 436 g/mol. The summed E-state index contributed by atoms with van der Waals surface area (Å²) in [5.41, 5.74) is 1.85. The minimum Gasteiger partial charge on any atom is -0.291 e. The van der Waals surface area contributed by atoms with E-state index in [1.54, 1.807) is 16.1 Å². The molecule has 8 nitrogen and oxygen atoms in total. The Kier molecular flexibility index (Phi) is 5.37. The van der Waals surface area contributed by atoms with Gasteiger partial charge in [-0.15, -0.1) is 21.5 Å². The van der Waals surface area contributed by atoms with Gasteiger partial charge in [-0.2, -0.15) is 4.80 Å². The number of carbonyl (C=O) groups excluding carboxylic acids is 2. The summed E-state index contributed by atoms with van der Waals surface area (Å²) in [6, 6.07) is 11.4. The molecule has 5 rings (SSSR count). The number of carbonyl (C=O) groups is 2. The van der Waals surface area contributed by atoms with E-state index in [-0.39, 0.29) is 30.3 Å². The van der Waals surface area contributed by atoms with Crippen LogP contribution in [-0.2, 0) is 16.0 Å². The van der Waals surface area contributed by atoms with Crippen LogP contribution < -0.4 is 4.90 Å². The smallest absolute Gasteiger partial charge is 0.251 e. The Bertz CT molecular complexity index is 1070. The summed E-state index contributed by atoms with van der Waals surface area (Å²) in [6.45, 7) is 3.54. The fourth-order valence-corrected chi connectivity index (χ4v) is 5.01. The van der Waals surface area contributed by atoms with Gasteiger partial charge >= 0.3 is 0 Å². The third-order valence-corrected chi connectivity index (χ3v) is 7.03. The number of hydrogen-bond acceptors (Lipinski definition) is 7. The second-order valence-electron chi connectivity index (χ2n) is 7.99. The van der Waals surface area contributed by atoms with Crippen LogP contribution in [0.4, 0.5) is 5.69 Å². The van der Waals surface area contributed by atoms with E-state index in [0.717, 1.165) is 37.2 Å². The molecule has 0 bridgehead atoms. The van der Waals surface area contributed by atoms with E-state index in [2.05, 4.69) is 27.2 Å². The van der Waals surface area contributed by atoms with Gasteiger partial charge in [-0.25, -0.2) is 4.90 Å². The Morgan fingerprint density at radius 1 is 1.10 bits per heavy atom. The molecule has 3 aromatic rings. The number of anilines is 1. The predicted octanol–water partition coefficient (Wildman–Crippen LogP) is 2.93. The lowest BCUT2D eigenvalue weighted by molar-refractivity contribution is -0.123. The summed E-state index contributed by atoms with van der Waals surface area (Å²) in [5.74, 6) is 0.408. The van der Waals surface area contributed by atoms with Gasteiger partial charge < -0.3 is 0 Å². The lowest BCUT2D eigenvalue weighted by Crippen LogP contribution is -2.46. The molecule has 9 heteroatoms. The zero-order chi connectivity index (χ0) is 21.4. The molecule has 1 aromatic carbocycles. The number of aromatic nitrogens is 4. The molecule has 0 saturated carbocycles. The van der Waals surface area contributed by atoms with Gasteiger partial charge in [-0.1, -0.05) is 25.1 Å². The van der Waals surface area contributed by atoms with Crippen molar-refractivity contribution in [2.24, 2.45) is 0 Å². The maximum Gasteiger partial charge on any atom is 0.251 e. The van der Waals surface area contributed by atoms with Crippen molar-refractivity contribution in [3.05, 3.63) is 47.3 Å². The fourth-order valence-electron chi connectivity index (χ4n) is 4.37. The van der Waals surface area contributed by atoms with Gasteiger partial charge in [-0.05, 0) is 53.6 Å². The number of amides is 2. The average molecular weight is 437 g/mol. The van der Waals surface area contributed by atoms with Gasteiger partial charge in [-0.3, -0.25) is 14.5 Å². The van der Waals surface area contributed by atoms with Crippen LogP contribution in [0.1, 0.15) is 37.8 Å². The van der Waals surface area contributed by atoms with Gasteiger partial charge in [0.15, 0.2) is 0 Å². The van der Waals surface area contributed by atoms with Gasteiger partial charge in [0.2, 0.25) is 11.7 Å². The Morgan fingerprint density at radius 3 is 2.55 bits per heavy atom. The minimum absolute atomic E-state index is 0.119. The number of rotatable bonds is 5. The van der Waals surface area contributed by atoms with Crippen molar-refractivity contribution in [1.82, 2.24) is 25.1 Å². The molecule has 0 unspecified atom stereocenters. The van der Waals surface area contributed by atoms with Crippen molar-refractivity contribution in [2.45, 2.75) is 44.7 Å². The first-order chi connectivity index (χ1) is 15.1. The van der Waals surface area contributed by atoms with Crippen LogP contribution in [0, 0.1) is 0 Å². The molecule has 160 valence electrons. The molecule has 2 aromatic heterocycles. The highest BCUT2D eigenvalue weighted by Crippen LogP contribution is 2.30. The van der Waals surface area contributed by atoms with E-state index < -0.39 is 0 Å². The molecule has 2 fully saturated rings. The normalized spacial score (nSPS) is 20.7. The maximum atomic E-state index is 13.1. The Balaban J connectivity index is 1.23. The van der Waals surface area contributed by atoms with Crippen LogP contribution in [0.3, 0.4) is 0 Å².